The van der Waals surface area contributed by atoms with Gasteiger partial charge in [-0.2, -0.15) is 0 Å². The van der Waals surface area contributed by atoms with Gasteiger partial charge < -0.3 is 13.4 Å². The maximum Gasteiger partial charge on any atom is 0.137 e. The van der Waals surface area contributed by atoms with Crippen LogP contribution in [0.25, 0.3) is 82.5 Å². The third kappa shape index (κ3) is 2.62. The highest BCUT2D eigenvalue weighted by Gasteiger charge is 2.36. The third-order valence-corrected chi connectivity index (χ3v) is 9.59. The van der Waals surface area contributed by atoms with Crippen LogP contribution in [0.1, 0.15) is 25.0 Å². The van der Waals surface area contributed by atoms with E-state index in [1.165, 1.54) is 43.9 Å². The second kappa shape index (κ2) is 7.51. The molecule has 10 rings (SSSR count). The zero-order chi connectivity index (χ0) is 27.7. The fourth-order valence-corrected chi connectivity index (χ4v) is 7.72. The molecule has 0 saturated carbocycles. The van der Waals surface area contributed by atoms with Crippen LogP contribution in [0.4, 0.5) is 0 Å². The van der Waals surface area contributed by atoms with Crippen molar-refractivity contribution in [3.8, 4) is 16.8 Å². The molecule has 0 amide bonds. The van der Waals surface area contributed by atoms with E-state index in [1.54, 1.807) is 0 Å². The Kier molecular flexibility index (Phi) is 4.01. The largest absolute Gasteiger partial charge is 0.456 e. The van der Waals surface area contributed by atoms with Crippen LogP contribution in [-0.4, -0.2) is 4.57 Å². The Morgan fingerprint density at radius 2 is 1.21 bits per heavy atom. The first kappa shape index (κ1) is 22.4. The van der Waals surface area contributed by atoms with Crippen LogP contribution < -0.4 is 0 Å². The Morgan fingerprint density at radius 1 is 0.476 bits per heavy atom. The summed E-state index contributed by atoms with van der Waals surface area (Å²) in [6.45, 7) is 4.64. The summed E-state index contributed by atoms with van der Waals surface area (Å²) in [5.41, 5.74) is 12.4. The molecule has 198 valence electrons. The van der Waals surface area contributed by atoms with Crippen LogP contribution in [0.3, 0.4) is 0 Å². The Labute approximate surface area is 241 Å². The molecule has 3 nitrogen and oxygen atoms in total. The van der Waals surface area contributed by atoms with Crippen LogP contribution in [0, 0.1) is 0 Å². The third-order valence-electron chi connectivity index (χ3n) is 9.59. The van der Waals surface area contributed by atoms with Gasteiger partial charge >= 0.3 is 0 Å². The first-order chi connectivity index (χ1) is 20.6. The molecule has 3 heterocycles. The monoisotopic (exact) mass is 539 g/mol. The molecule has 0 aliphatic heterocycles. The highest BCUT2D eigenvalue weighted by Crippen LogP contribution is 2.51. The van der Waals surface area contributed by atoms with Crippen molar-refractivity contribution in [3.63, 3.8) is 0 Å². The number of fused-ring (bicyclic) bond motifs is 13. The average molecular weight is 540 g/mol. The molecule has 0 unspecified atom stereocenters. The van der Waals surface area contributed by atoms with E-state index in [4.69, 9.17) is 8.83 Å². The van der Waals surface area contributed by atoms with Crippen LogP contribution >= 0.6 is 0 Å². The lowest BCUT2D eigenvalue weighted by Gasteiger charge is -2.21. The normalized spacial score (nSPS) is 14.1. The van der Waals surface area contributed by atoms with Crippen molar-refractivity contribution < 1.29 is 8.83 Å². The smallest absolute Gasteiger partial charge is 0.137 e. The van der Waals surface area contributed by atoms with E-state index in [0.717, 1.165) is 49.7 Å². The minimum Gasteiger partial charge on any atom is -0.456 e. The molecule has 3 aromatic heterocycles. The topological polar surface area (TPSA) is 31.2 Å². The summed E-state index contributed by atoms with van der Waals surface area (Å²) >= 11 is 0. The molecule has 0 N–H and O–H groups in total. The van der Waals surface area contributed by atoms with Crippen LogP contribution in [0.5, 0.6) is 0 Å². The highest BCUT2D eigenvalue weighted by atomic mass is 16.3. The zero-order valence-corrected chi connectivity index (χ0v) is 23.2. The average Bonchev–Trinajstić information content (AvgIpc) is 3.73. The molecule has 1 aliphatic rings. The summed E-state index contributed by atoms with van der Waals surface area (Å²) in [5, 5.41) is 7.03. The van der Waals surface area contributed by atoms with Crippen molar-refractivity contribution in [2.75, 3.05) is 0 Å². The Morgan fingerprint density at radius 3 is 2.14 bits per heavy atom. The molecule has 0 atom stereocenters. The molecule has 0 bridgehead atoms. The first-order valence-corrected chi connectivity index (χ1v) is 14.5. The van der Waals surface area contributed by atoms with Gasteiger partial charge in [0.15, 0.2) is 0 Å². The first-order valence-electron chi connectivity index (χ1n) is 14.5. The van der Waals surface area contributed by atoms with Crippen molar-refractivity contribution in [1.29, 1.82) is 0 Å². The number of para-hydroxylation sites is 2. The van der Waals surface area contributed by atoms with E-state index in [9.17, 15) is 0 Å². The molecule has 0 radical (unpaired) electrons. The molecular weight excluding hydrogens is 514 g/mol. The summed E-state index contributed by atoms with van der Waals surface area (Å²) in [4.78, 5) is 0. The Balaban J connectivity index is 1.37. The maximum absolute atomic E-state index is 6.63. The van der Waals surface area contributed by atoms with Crippen molar-refractivity contribution >= 4 is 65.7 Å². The summed E-state index contributed by atoms with van der Waals surface area (Å²) in [6, 6.07) is 41.2. The van der Waals surface area contributed by atoms with Crippen LogP contribution in [-0.2, 0) is 5.41 Å². The summed E-state index contributed by atoms with van der Waals surface area (Å²) in [5.74, 6) is 0. The highest BCUT2D eigenvalue weighted by molar-refractivity contribution is 6.28. The molecule has 9 aromatic rings. The predicted molar refractivity (Wildman–Crippen MR) is 173 cm³/mol. The number of hydrogen-bond donors (Lipinski definition) is 0. The lowest BCUT2D eigenvalue weighted by atomic mass is 9.82. The fraction of sp³-hybridized carbons (Fsp3) is 0.0769. The van der Waals surface area contributed by atoms with E-state index in [-0.39, 0.29) is 5.41 Å². The molecular formula is C39H25NO2. The van der Waals surface area contributed by atoms with Gasteiger partial charge in [-0.05, 0) is 70.8 Å². The van der Waals surface area contributed by atoms with Gasteiger partial charge in [0.05, 0.1) is 22.1 Å². The van der Waals surface area contributed by atoms with Gasteiger partial charge in [0.25, 0.3) is 0 Å². The summed E-state index contributed by atoms with van der Waals surface area (Å²) in [6.07, 6.45) is 0. The molecule has 1 aliphatic carbocycles. The quantitative estimate of drug-likeness (QED) is 0.208. The minimum absolute atomic E-state index is 0.0729. The Hall–Kier alpha value is -5.28. The van der Waals surface area contributed by atoms with E-state index >= 15 is 0 Å². The van der Waals surface area contributed by atoms with Crippen LogP contribution in [0.15, 0.2) is 124 Å². The van der Waals surface area contributed by atoms with Gasteiger partial charge in [0, 0.05) is 32.3 Å². The van der Waals surface area contributed by atoms with Gasteiger partial charge in [0.2, 0.25) is 0 Å². The van der Waals surface area contributed by atoms with E-state index in [2.05, 4.69) is 122 Å². The predicted octanol–water partition coefficient (Wildman–Crippen LogP) is 10.9. The van der Waals surface area contributed by atoms with E-state index in [0.29, 0.717) is 0 Å². The molecule has 0 saturated heterocycles. The standard InChI is InChI=1S/C39H25NO2/c1-39(2)27-13-6-3-10-22(27)25-20-26-35(21-28(25)39)42-34-19-18-31-37(38(26)34)23-11-4-7-14-29(23)40(31)30-15-9-17-33-36(30)24-12-5-8-16-32(24)41-33/h3-21H,1-2H3. The van der Waals surface area contributed by atoms with Crippen LogP contribution in [0.2, 0.25) is 0 Å². The second-order valence-electron chi connectivity index (χ2n) is 12.1. The van der Waals surface area contributed by atoms with Gasteiger partial charge in [-0.15, -0.1) is 0 Å². The molecule has 0 spiro atoms. The van der Waals surface area contributed by atoms with Gasteiger partial charge in [-0.3, -0.25) is 0 Å². The minimum atomic E-state index is -0.0729. The zero-order valence-electron chi connectivity index (χ0n) is 23.2. The number of aromatic nitrogens is 1. The van der Waals surface area contributed by atoms with E-state index in [1.807, 2.05) is 12.1 Å². The Bertz CT molecular complexity index is 2610. The number of furan rings is 2. The summed E-state index contributed by atoms with van der Waals surface area (Å²) in [7, 11) is 0. The SMILES string of the molecule is CC1(C)c2ccccc2-c2cc3c(cc21)oc1ccc2c(c4ccccc4n2-c2cccc4oc5ccccc5c24)c13. The maximum atomic E-state index is 6.63. The van der Waals surface area contributed by atoms with Gasteiger partial charge in [-0.1, -0.05) is 80.6 Å². The van der Waals surface area contributed by atoms with Gasteiger partial charge in [-0.25, -0.2) is 0 Å². The molecule has 42 heavy (non-hydrogen) atoms. The van der Waals surface area contributed by atoms with Crippen molar-refractivity contribution in [3.05, 3.63) is 126 Å². The molecule has 3 heteroatoms. The lowest BCUT2D eigenvalue weighted by Crippen LogP contribution is -2.14. The summed E-state index contributed by atoms with van der Waals surface area (Å²) < 4.78 is 15.3. The van der Waals surface area contributed by atoms with E-state index < -0.39 is 0 Å². The second-order valence-corrected chi connectivity index (χ2v) is 12.1. The number of nitrogens with zero attached hydrogens (tertiary/aromatic N) is 1. The lowest BCUT2D eigenvalue weighted by molar-refractivity contribution is 0.647. The molecule has 6 aromatic carbocycles. The number of hydrogen-bond acceptors (Lipinski definition) is 2. The van der Waals surface area contributed by atoms with Crippen molar-refractivity contribution in [2.45, 2.75) is 19.3 Å². The molecule has 0 fully saturated rings. The van der Waals surface area contributed by atoms with Crippen molar-refractivity contribution in [1.82, 2.24) is 4.57 Å². The number of benzene rings is 6. The fourth-order valence-electron chi connectivity index (χ4n) is 7.72. The van der Waals surface area contributed by atoms with Gasteiger partial charge in [0.1, 0.15) is 22.3 Å². The number of rotatable bonds is 1. The van der Waals surface area contributed by atoms with Crippen molar-refractivity contribution in [2.24, 2.45) is 0 Å².